The van der Waals surface area contributed by atoms with Crippen molar-refractivity contribution in [3.05, 3.63) is 47.0 Å². The molecular formula is C23H24N4O6. The highest BCUT2D eigenvalue weighted by atomic mass is 16.7. The van der Waals surface area contributed by atoms with E-state index in [4.69, 9.17) is 14.2 Å². The SMILES string of the molecule is CCOC(=O)C1CCN(C(=O)Cn2ccn3nc(-c4ccc5c(c4)OCO5)cc3c2=O)CC1. The van der Waals surface area contributed by atoms with Gasteiger partial charge in [-0.15, -0.1) is 0 Å². The lowest BCUT2D eigenvalue weighted by atomic mass is 9.97. The highest BCUT2D eigenvalue weighted by Gasteiger charge is 2.28. The first kappa shape index (κ1) is 21.0. The molecule has 10 nitrogen and oxygen atoms in total. The van der Waals surface area contributed by atoms with Crippen molar-refractivity contribution in [1.82, 2.24) is 19.1 Å². The van der Waals surface area contributed by atoms with Gasteiger partial charge in [0, 0.05) is 31.0 Å². The Morgan fingerprint density at radius 2 is 1.91 bits per heavy atom. The standard InChI is InChI=1S/C23H24N4O6/c1-2-31-23(30)15-5-7-25(8-6-15)21(28)13-26-9-10-27-18(22(26)29)12-17(24-27)16-3-4-19-20(11-16)33-14-32-19/h3-4,9-12,15H,2,5-8,13-14H2,1H3. The quantitative estimate of drug-likeness (QED) is 0.543. The normalized spacial score (nSPS) is 15.7. The van der Waals surface area contributed by atoms with Gasteiger partial charge in [0.15, 0.2) is 11.5 Å². The van der Waals surface area contributed by atoms with Crippen LogP contribution in [-0.4, -0.2) is 57.4 Å². The lowest BCUT2D eigenvalue weighted by Gasteiger charge is -2.31. The Hall–Kier alpha value is -3.82. The second kappa shape index (κ2) is 8.61. The number of ether oxygens (including phenoxy) is 3. The highest BCUT2D eigenvalue weighted by molar-refractivity contribution is 5.77. The predicted octanol–water partition coefficient (Wildman–Crippen LogP) is 1.69. The van der Waals surface area contributed by atoms with Gasteiger partial charge in [-0.1, -0.05) is 0 Å². The van der Waals surface area contributed by atoms with Gasteiger partial charge < -0.3 is 23.7 Å². The van der Waals surface area contributed by atoms with Crippen molar-refractivity contribution in [2.24, 2.45) is 5.92 Å². The number of aromatic nitrogens is 3. The Morgan fingerprint density at radius 1 is 1.12 bits per heavy atom. The minimum atomic E-state index is -0.299. The van der Waals surface area contributed by atoms with Crippen LogP contribution < -0.4 is 15.0 Å². The molecule has 0 radical (unpaired) electrons. The van der Waals surface area contributed by atoms with Crippen LogP contribution in [0.4, 0.5) is 0 Å². The zero-order valence-corrected chi connectivity index (χ0v) is 18.2. The molecule has 0 spiro atoms. The van der Waals surface area contributed by atoms with E-state index in [1.54, 1.807) is 30.3 Å². The number of carbonyl (C=O) groups is 2. The molecule has 0 N–H and O–H groups in total. The molecule has 5 rings (SSSR count). The first-order chi connectivity index (χ1) is 16.0. The molecule has 3 aromatic rings. The zero-order valence-electron chi connectivity index (χ0n) is 18.2. The summed E-state index contributed by atoms with van der Waals surface area (Å²) in [6.45, 7) is 3.20. The van der Waals surface area contributed by atoms with Crippen molar-refractivity contribution < 1.29 is 23.8 Å². The molecule has 172 valence electrons. The molecule has 1 aromatic carbocycles. The van der Waals surface area contributed by atoms with Gasteiger partial charge in [0.05, 0.1) is 18.2 Å². The van der Waals surface area contributed by atoms with Gasteiger partial charge in [-0.05, 0) is 44.0 Å². The molecule has 1 fully saturated rings. The van der Waals surface area contributed by atoms with E-state index in [2.05, 4.69) is 5.10 Å². The summed E-state index contributed by atoms with van der Waals surface area (Å²) in [6.07, 6.45) is 4.36. The number of piperidine rings is 1. The summed E-state index contributed by atoms with van der Waals surface area (Å²) in [5.74, 6) is 0.785. The van der Waals surface area contributed by atoms with E-state index in [9.17, 15) is 14.4 Å². The summed E-state index contributed by atoms with van der Waals surface area (Å²) in [4.78, 5) is 39.4. The minimum absolute atomic E-state index is 0.0655. The second-order valence-electron chi connectivity index (χ2n) is 8.07. The first-order valence-electron chi connectivity index (χ1n) is 11.0. The van der Waals surface area contributed by atoms with Gasteiger partial charge in [0.1, 0.15) is 12.1 Å². The van der Waals surface area contributed by atoms with Crippen LogP contribution in [0.3, 0.4) is 0 Å². The van der Waals surface area contributed by atoms with Crippen LogP contribution in [0, 0.1) is 5.92 Å². The molecule has 2 aliphatic heterocycles. The van der Waals surface area contributed by atoms with Crippen molar-refractivity contribution in [1.29, 1.82) is 0 Å². The molecule has 1 saturated heterocycles. The molecule has 0 unspecified atom stereocenters. The maximum absolute atomic E-state index is 13.0. The third kappa shape index (κ3) is 4.04. The van der Waals surface area contributed by atoms with Gasteiger partial charge in [0.2, 0.25) is 12.7 Å². The number of fused-ring (bicyclic) bond motifs is 2. The Balaban J connectivity index is 1.30. The number of likely N-dealkylation sites (tertiary alicyclic amines) is 1. The molecule has 0 bridgehead atoms. The van der Waals surface area contributed by atoms with Crippen molar-refractivity contribution in [3.63, 3.8) is 0 Å². The third-order valence-corrected chi connectivity index (χ3v) is 6.05. The van der Waals surface area contributed by atoms with Crippen LogP contribution in [0.5, 0.6) is 11.5 Å². The molecule has 4 heterocycles. The maximum Gasteiger partial charge on any atom is 0.309 e. The first-order valence-corrected chi connectivity index (χ1v) is 11.0. The van der Waals surface area contributed by atoms with Crippen LogP contribution >= 0.6 is 0 Å². The predicted molar refractivity (Wildman–Crippen MR) is 117 cm³/mol. The molecule has 2 aromatic heterocycles. The van der Waals surface area contributed by atoms with Crippen molar-refractivity contribution in [2.75, 3.05) is 26.5 Å². The topological polar surface area (TPSA) is 104 Å². The smallest absolute Gasteiger partial charge is 0.309 e. The average molecular weight is 452 g/mol. The summed E-state index contributed by atoms with van der Waals surface area (Å²) in [5.41, 5.74) is 1.50. The Labute approximate surface area is 189 Å². The van der Waals surface area contributed by atoms with Gasteiger partial charge in [-0.25, -0.2) is 4.52 Å². The molecule has 33 heavy (non-hydrogen) atoms. The number of hydrogen-bond donors (Lipinski definition) is 0. The number of esters is 1. The zero-order chi connectivity index (χ0) is 22.9. The van der Waals surface area contributed by atoms with E-state index >= 15 is 0 Å². The molecule has 2 aliphatic rings. The van der Waals surface area contributed by atoms with E-state index in [1.165, 1.54) is 9.08 Å². The summed E-state index contributed by atoms with van der Waals surface area (Å²) < 4.78 is 18.7. The molecule has 0 saturated carbocycles. The molecule has 10 heteroatoms. The van der Waals surface area contributed by atoms with Crippen molar-refractivity contribution >= 4 is 17.4 Å². The van der Waals surface area contributed by atoms with Crippen molar-refractivity contribution in [2.45, 2.75) is 26.3 Å². The number of nitrogens with zero attached hydrogens (tertiary/aromatic N) is 4. The largest absolute Gasteiger partial charge is 0.466 e. The van der Waals surface area contributed by atoms with Crippen LogP contribution in [0.25, 0.3) is 16.8 Å². The number of carbonyl (C=O) groups excluding carboxylic acids is 2. The fraction of sp³-hybridized carbons (Fsp3) is 0.391. The Bertz CT molecular complexity index is 1270. The second-order valence-corrected chi connectivity index (χ2v) is 8.07. The summed E-state index contributed by atoms with van der Waals surface area (Å²) in [6, 6.07) is 7.19. The van der Waals surface area contributed by atoms with E-state index in [1.807, 2.05) is 18.2 Å². The minimum Gasteiger partial charge on any atom is -0.466 e. The Kier molecular flexibility index (Phi) is 5.49. The lowest BCUT2D eigenvalue weighted by Crippen LogP contribution is -2.43. The van der Waals surface area contributed by atoms with Crippen LogP contribution in [0.2, 0.25) is 0 Å². The van der Waals surface area contributed by atoms with Crippen LogP contribution in [0.15, 0.2) is 41.5 Å². The molecule has 0 atom stereocenters. The average Bonchev–Trinajstić information content (AvgIpc) is 3.48. The molecule has 0 aliphatic carbocycles. The number of rotatable bonds is 5. The van der Waals surface area contributed by atoms with E-state index in [-0.39, 0.29) is 36.7 Å². The van der Waals surface area contributed by atoms with Gasteiger partial charge in [-0.3, -0.25) is 14.4 Å². The van der Waals surface area contributed by atoms with E-state index in [0.717, 1.165) is 5.56 Å². The van der Waals surface area contributed by atoms with E-state index < -0.39 is 0 Å². The fourth-order valence-electron chi connectivity index (χ4n) is 4.22. The fourth-order valence-corrected chi connectivity index (χ4v) is 4.22. The van der Waals surface area contributed by atoms with Gasteiger partial charge >= 0.3 is 5.97 Å². The van der Waals surface area contributed by atoms with E-state index in [0.29, 0.717) is 55.2 Å². The van der Waals surface area contributed by atoms with Crippen LogP contribution in [-0.2, 0) is 20.9 Å². The Morgan fingerprint density at radius 3 is 2.70 bits per heavy atom. The van der Waals surface area contributed by atoms with Gasteiger partial charge in [0.25, 0.3) is 5.56 Å². The number of benzene rings is 1. The van der Waals surface area contributed by atoms with Crippen molar-refractivity contribution in [3.8, 4) is 22.8 Å². The maximum atomic E-state index is 13.0. The summed E-state index contributed by atoms with van der Waals surface area (Å²) in [5, 5.41) is 4.49. The van der Waals surface area contributed by atoms with Gasteiger partial charge in [-0.2, -0.15) is 5.10 Å². The third-order valence-electron chi connectivity index (χ3n) is 6.05. The molecular weight excluding hydrogens is 428 g/mol. The summed E-state index contributed by atoms with van der Waals surface area (Å²) in [7, 11) is 0. The monoisotopic (exact) mass is 452 g/mol. The highest BCUT2D eigenvalue weighted by Crippen LogP contribution is 2.35. The number of hydrogen-bond acceptors (Lipinski definition) is 7. The van der Waals surface area contributed by atoms with Crippen LogP contribution in [0.1, 0.15) is 19.8 Å². The lowest BCUT2D eigenvalue weighted by molar-refractivity contribution is -0.151. The summed E-state index contributed by atoms with van der Waals surface area (Å²) >= 11 is 0. The molecule has 1 amide bonds. The number of amides is 1.